The highest BCUT2D eigenvalue weighted by Crippen LogP contribution is 2.36. The van der Waals surface area contributed by atoms with Crippen molar-refractivity contribution >= 4 is 17.9 Å². The Labute approximate surface area is 174 Å². The first-order valence-corrected chi connectivity index (χ1v) is 10.2. The Bertz CT molecular complexity index is 734. The van der Waals surface area contributed by atoms with Crippen molar-refractivity contribution in [3.8, 4) is 0 Å². The number of fused-ring (bicyclic) bond motifs is 4. The highest BCUT2D eigenvalue weighted by atomic mass is 16.6. The fourth-order valence-corrected chi connectivity index (χ4v) is 4.14. The third-order valence-corrected chi connectivity index (χ3v) is 5.92. The van der Waals surface area contributed by atoms with Gasteiger partial charge in [-0.1, -0.05) is 30.9 Å². The molecule has 8 nitrogen and oxygen atoms in total. The number of hydrogen-bond acceptors (Lipinski definition) is 8. The van der Waals surface area contributed by atoms with Gasteiger partial charge in [0.05, 0.1) is 41.7 Å². The predicted octanol–water partition coefficient (Wildman–Crippen LogP) is 1.50. The zero-order valence-electron chi connectivity index (χ0n) is 16.9. The number of hydrogen-bond donors (Lipinski definition) is 0. The van der Waals surface area contributed by atoms with Crippen molar-refractivity contribution in [3.63, 3.8) is 0 Å². The van der Waals surface area contributed by atoms with Gasteiger partial charge in [-0.05, 0) is 19.8 Å². The number of esters is 3. The van der Waals surface area contributed by atoms with Gasteiger partial charge in [0.2, 0.25) is 0 Å². The van der Waals surface area contributed by atoms with Crippen molar-refractivity contribution in [2.45, 2.75) is 44.2 Å². The maximum Gasteiger partial charge on any atom is 0.330 e. The van der Waals surface area contributed by atoms with E-state index in [1.807, 2.05) is 24.3 Å². The summed E-state index contributed by atoms with van der Waals surface area (Å²) in [6.45, 7) is 4.90. The Hall–Kier alpha value is -2.45. The molecule has 162 valence electrons. The van der Waals surface area contributed by atoms with Crippen LogP contribution in [0.15, 0.2) is 37.0 Å². The van der Waals surface area contributed by atoms with E-state index in [2.05, 4.69) is 6.58 Å². The molecule has 4 rings (SSSR count). The van der Waals surface area contributed by atoms with Gasteiger partial charge in [-0.15, -0.1) is 0 Å². The van der Waals surface area contributed by atoms with Gasteiger partial charge in [-0.2, -0.15) is 0 Å². The summed E-state index contributed by atoms with van der Waals surface area (Å²) >= 11 is 0. The molecule has 0 aromatic carbocycles. The van der Waals surface area contributed by atoms with Gasteiger partial charge in [0.15, 0.2) is 0 Å². The van der Waals surface area contributed by atoms with Crippen molar-refractivity contribution in [2.24, 2.45) is 17.3 Å². The summed E-state index contributed by atoms with van der Waals surface area (Å²) in [5.74, 6) is -2.03. The van der Waals surface area contributed by atoms with Gasteiger partial charge in [-0.3, -0.25) is 9.59 Å². The Morgan fingerprint density at radius 3 is 1.73 bits per heavy atom. The van der Waals surface area contributed by atoms with Crippen molar-refractivity contribution in [2.75, 3.05) is 19.8 Å². The molecular formula is C22H26O8. The molecule has 0 N–H and O–H groups in total. The van der Waals surface area contributed by atoms with Crippen molar-refractivity contribution in [1.82, 2.24) is 0 Å². The lowest BCUT2D eigenvalue weighted by Crippen LogP contribution is -2.39. The lowest BCUT2D eigenvalue weighted by molar-refractivity contribution is -0.163. The van der Waals surface area contributed by atoms with Gasteiger partial charge in [0, 0.05) is 6.08 Å². The van der Waals surface area contributed by atoms with Gasteiger partial charge in [-0.25, -0.2) is 4.79 Å². The highest BCUT2D eigenvalue weighted by Gasteiger charge is 2.44. The zero-order valence-corrected chi connectivity index (χ0v) is 16.9. The largest absolute Gasteiger partial charge is 0.465 e. The van der Waals surface area contributed by atoms with Gasteiger partial charge >= 0.3 is 17.9 Å². The minimum atomic E-state index is -0.896. The second-order valence-corrected chi connectivity index (χ2v) is 8.57. The molecule has 0 spiro atoms. The summed E-state index contributed by atoms with van der Waals surface area (Å²) < 4.78 is 27.4. The summed E-state index contributed by atoms with van der Waals surface area (Å²) in [5.41, 5.74) is -0.896. The fraction of sp³-hybridized carbons (Fsp3) is 0.591. The molecular weight excluding hydrogens is 392 g/mol. The summed E-state index contributed by atoms with van der Waals surface area (Å²) in [6, 6.07) is 0. The van der Waals surface area contributed by atoms with Crippen molar-refractivity contribution in [3.05, 3.63) is 37.0 Å². The molecule has 0 radical (unpaired) electrons. The third kappa shape index (κ3) is 4.34. The Balaban J connectivity index is 1.32. The second kappa shape index (κ2) is 8.35. The van der Waals surface area contributed by atoms with Gasteiger partial charge < -0.3 is 23.7 Å². The number of carbonyl (C=O) groups is 3. The molecule has 0 aromatic rings. The van der Waals surface area contributed by atoms with Crippen LogP contribution in [0.25, 0.3) is 0 Å². The maximum atomic E-state index is 12.5. The molecule has 0 aromatic heterocycles. The first-order chi connectivity index (χ1) is 14.4. The van der Waals surface area contributed by atoms with E-state index >= 15 is 0 Å². The Kier molecular flexibility index (Phi) is 5.79. The average molecular weight is 418 g/mol. The quantitative estimate of drug-likeness (QED) is 0.241. The van der Waals surface area contributed by atoms with Crippen LogP contribution in [0.5, 0.6) is 0 Å². The maximum absolute atomic E-state index is 12.5. The Morgan fingerprint density at radius 2 is 1.37 bits per heavy atom. The minimum absolute atomic E-state index is 0.0357. The molecule has 6 atom stereocenters. The number of carbonyl (C=O) groups excluding carboxylic acids is 3. The van der Waals surface area contributed by atoms with Crippen LogP contribution in [0.2, 0.25) is 0 Å². The summed E-state index contributed by atoms with van der Waals surface area (Å²) in [7, 11) is 0. The molecule has 0 aliphatic carbocycles. The summed E-state index contributed by atoms with van der Waals surface area (Å²) in [4.78, 5) is 36.6. The van der Waals surface area contributed by atoms with Crippen molar-refractivity contribution < 1.29 is 38.1 Å². The molecule has 6 unspecified atom stereocenters. The van der Waals surface area contributed by atoms with Crippen LogP contribution in [0.3, 0.4) is 0 Å². The second-order valence-electron chi connectivity index (χ2n) is 8.57. The smallest absolute Gasteiger partial charge is 0.330 e. The summed E-state index contributed by atoms with van der Waals surface area (Å²) in [6.07, 6.45) is 9.30. The van der Waals surface area contributed by atoms with E-state index in [4.69, 9.17) is 23.7 Å². The van der Waals surface area contributed by atoms with Crippen LogP contribution in [0, 0.1) is 17.3 Å². The first kappa shape index (κ1) is 20.8. The SMILES string of the molecule is C=CC(=O)OCC(C)(COC(=O)C1CC2C=CC1O2)COC(=O)C1CC2C=CC1O2. The minimum Gasteiger partial charge on any atom is -0.465 e. The predicted molar refractivity (Wildman–Crippen MR) is 103 cm³/mol. The van der Waals surface area contributed by atoms with E-state index < -0.39 is 11.4 Å². The summed E-state index contributed by atoms with van der Waals surface area (Å²) in [5, 5.41) is 0. The zero-order chi connectivity index (χ0) is 21.3. The number of ether oxygens (including phenoxy) is 5. The molecule has 4 aliphatic rings. The van der Waals surface area contributed by atoms with E-state index in [0.717, 1.165) is 6.08 Å². The normalized spacial score (nSPS) is 34.6. The van der Waals surface area contributed by atoms with Crippen LogP contribution in [-0.4, -0.2) is 62.1 Å². The molecule has 4 aliphatic heterocycles. The standard InChI is InChI=1S/C22H26O8/c1-3-19(23)26-10-22(2,11-27-20(24)15-8-13-4-6-17(15)29-13)12-28-21(25)16-9-14-5-7-18(16)30-14/h3-7,13-18H,1,8-12H2,2H3. The molecule has 0 amide bonds. The molecule has 2 saturated heterocycles. The van der Waals surface area contributed by atoms with Crippen LogP contribution in [0.1, 0.15) is 19.8 Å². The average Bonchev–Trinajstić information content (AvgIpc) is 3.55. The first-order valence-electron chi connectivity index (χ1n) is 10.2. The van der Waals surface area contributed by atoms with Gasteiger partial charge in [0.1, 0.15) is 19.8 Å². The van der Waals surface area contributed by atoms with E-state index in [9.17, 15) is 14.4 Å². The topological polar surface area (TPSA) is 97.4 Å². The molecule has 2 fully saturated rings. The van der Waals surface area contributed by atoms with Crippen LogP contribution in [-0.2, 0) is 38.1 Å². The number of rotatable bonds is 9. The van der Waals surface area contributed by atoms with Gasteiger partial charge in [0.25, 0.3) is 0 Å². The monoisotopic (exact) mass is 418 g/mol. The van der Waals surface area contributed by atoms with Crippen molar-refractivity contribution in [1.29, 1.82) is 0 Å². The van der Waals surface area contributed by atoms with Crippen LogP contribution >= 0.6 is 0 Å². The van der Waals surface area contributed by atoms with Crippen LogP contribution in [0.4, 0.5) is 0 Å². The molecule has 4 bridgehead atoms. The lowest BCUT2D eigenvalue weighted by Gasteiger charge is -2.29. The molecule has 30 heavy (non-hydrogen) atoms. The fourth-order valence-electron chi connectivity index (χ4n) is 4.14. The molecule has 0 saturated carbocycles. The van der Waals surface area contributed by atoms with E-state index in [-0.39, 0.29) is 68.0 Å². The molecule has 4 heterocycles. The lowest BCUT2D eigenvalue weighted by atomic mass is 9.92. The highest BCUT2D eigenvalue weighted by molar-refractivity contribution is 5.81. The van der Waals surface area contributed by atoms with E-state index in [1.165, 1.54) is 0 Å². The van der Waals surface area contributed by atoms with E-state index in [1.54, 1.807) is 6.92 Å². The van der Waals surface area contributed by atoms with E-state index in [0.29, 0.717) is 12.8 Å². The third-order valence-electron chi connectivity index (χ3n) is 5.92. The van der Waals surface area contributed by atoms with Crippen LogP contribution < -0.4 is 0 Å². The Morgan fingerprint density at radius 1 is 0.900 bits per heavy atom. The molecule has 8 heteroatoms.